The standard InChI is InChI=1S/C19H32O2/c1-3-4-5-6-7-8-9-13-16-18(20)19(21-2)17-14-11-10-12-15-17/h10-12,14-15,18-20H,3-9,13,16H2,1-2H3. The lowest BCUT2D eigenvalue weighted by atomic mass is 9.99. The third kappa shape index (κ3) is 7.63. The van der Waals surface area contributed by atoms with Crippen LogP contribution in [0.4, 0.5) is 0 Å². The van der Waals surface area contributed by atoms with Crippen LogP contribution in [0.1, 0.15) is 76.4 Å². The van der Waals surface area contributed by atoms with Gasteiger partial charge in [0.1, 0.15) is 6.10 Å². The van der Waals surface area contributed by atoms with Crippen molar-refractivity contribution in [2.75, 3.05) is 7.11 Å². The van der Waals surface area contributed by atoms with E-state index in [1.54, 1.807) is 7.11 Å². The van der Waals surface area contributed by atoms with Crippen LogP contribution in [0.15, 0.2) is 30.3 Å². The molecule has 1 rings (SSSR count). The van der Waals surface area contributed by atoms with Gasteiger partial charge in [-0.3, -0.25) is 0 Å². The van der Waals surface area contributed by atoms with Crippen molar-refractivity contribution in [2.24, 2.45) is 0 Å². The number of benzene rings is 1. The maximum atomic E-state index is 10.3. The van der Waals surface area contributed by atoms with Gasteiger partial charge in [-0.15, -0.1) is 0 Å². The second-order valence-corrected chi connectivity index (χ2v) is 5.90. The van der Waals surface area contributed by atoms with E-state index in [1.165, 1.54) is 44.9 Å². The van der Waals surface area contributed by atoms with Crippen molar-refractivity contribution >= 4 is 0 Å². The molecule has 0 aliphatic rings. The number of unbranched alkanes of at least 4 members (excludes halogenated alkanes) is 7. The fraction of sp³-hybridized carbons (Fsp3) is 0.684. The topological polar surface area (TPSA) is 29.5 Å². The molecule has 0 fully saturated rings. The highest BCUT2D eigenvalue weighted by Crippen LogP contribution is 2.24. The zero-order valence-electron chi connectivity index (χ0n) is 13.8. The van der Waals surface area contributed by atoms with E-state index in [0.717, 1.165) is 18.4 Å². The summed E-state index contributed by atoms with van der Waals surface area (Å²) in [4.78, 5) is 0. The predicted octanol–water partition coefficient (Wildman–Crippen LogP) is 5.27. The number of hydrogen-bond donors (Lipinski definition) is 1. The zero-order chi connectivity index (χ0) is 15.3. The van der Waals surface area contributed by atoms with Crippen LogP contribution in [0.25, 0.3) is 0 Å². The fourth-order valence-electron chi connectivity index (χ4n) is 2.80. The number of rotatable bonds is 12. The number of aliphatic hydroxyl groups excluding tert-OH is 1. The summed E-state index contributed by atoms with van der Waals surface area (Å²) in [5.41, 5.74) is 1.06. The second-order valence-electron chi connectivity index (χ2n) is 5.90. The van der Waals surface area contributed by atoms with Gasteiger partial charge in [0.25, 0.3) is 0 Å². The minimum Gasteiger partial charge on any atom is -0.390 e. The maximum Gasteiger partial charge on any atom is 0.108 e. The molecule has 0 saturated heterocycles. The van der Waals surface area contributed by atoms with Crippen LogP contribution < -0.4 is 0 Å². The number of hydrogen-bond acceptors (Lipinski definition) is 2. The van der Waals surface area contributed by atoms with Gasteiger partial charge in [-0.25, -0.2) is 0 Å². The van der Waals surface area contributed by atoms with E-state index in [1.807, 2.05) is 30.3 Å². The zero-order valence-corrected chi connectivity index (χ0v) is 13.8. The molecule has 2 nitrogen and oxygen atoms in total. The van der Waals surface area contributed by atoms with Gasteiger partial charge in [-0.2, -0.15) is 0 Å². The summed E-state index contributed by atoms with van der Waals surface area (Å²) in [6, 6.07) is 10.0. The molecule has 0 aliphatic heterocycles. The van der Waals surface area contributed by atoms with E-state index in [0.29, 0.717) is 0 Å². The minimum absolute atomic E-state index is 0.198. The van der Waals surface area contributed by atoms with Crippen molar-refractivity contribution in [3.8, 4) is 0 Å². The van der Waals surface area contributed by atoms with Crippen LogP contribution in [0.3, 0.4) is 0 Å². The van der Waals surface area contributed by atoms with Crippen molar-refractivity contribution in [1.29, 1.82) is 0 Å². The van der Waals surface area contributed by atoms with Gasteiger partial charge in [0.05, 0.1) is 6.10 Å². The molecule has 2 unspecified atom stereocenters. The Morgan fingerprint density at radius 1 is 0.905 bits per heavy atom. The highest BCUT2D eigenvalue weighted by Gasteiger charge is 2.19. The summed E-state index contributed by atoms with van der Waals surface area (Å²) in [7, 11) is 1.68. The van der Waals surface area contributed by atoms with Gasteiger partial charge < -0.3 is 9.84 Å². The van der Waals surface area contributed by atoms with E-state index in [2.05, 4.69) is 6.92 Å². The van der Waals surface area contributed by atoms with Gasteiger partial charge in [-0.1, -0.05) is 88.6 Å². The van der Waals surface area contributed by atoms with E-state index in [9.17, 15) is 5.11 Å². The lowest BCUT2D eigenvalue weighted by Gasteiger charge is -2.22. The van der Waals surface area contributed by atoms with Crippen molar-refractivity contribution in [3.63, 3.8) is 0 Å². The van der Waals surface area contributed by atoms with Crippen molar-refractivity contribution in [3.05, 3.63) is 35.9 Å². The Morgan fingerprint density at radius 2 is 1.48 bits per heavy atom. The largest absolute Gasteiger partial charge is 0.390 e. The molecule has 1 N–H and O–H groups in total. The monoisotopic (exact) mass is 292 g/mol. The Labute approximate surface area is 130 Å². The van der Waals surface area contributed by atoms with Crippen LogP contribution in [-0.2, 0) is 4.74 Å². The first-order chi connectivity index (χ1) is 10.3. The van der Waals surface area contributed by atoms with Crippen LogP contribution in [0.5, 0.6) is 0 Å². The summed E-state index contributed by atoms with van der Waals surface area (Å²) in [5, 5.41) is 10.3. The molecule has 2 atom stereocenters. The van der Waals surface area contributed by atoms with Crippen molar-refractivity contribution in [2.45, 2.75) is 76.9 Å². The number of methoxy groups -OCH3 is 1. The SMILES string of the molecule is CCCCCCCCCCC(O)C(OC)c1ccccc1. The molecule has 0 saturated carbocycles. The number of ether oxygens (including phenoxy) is 1. The molecule has 0 amide bonds. The molecule has 0 aliphatic carbocycles. The first-order valence-electron chi connectivity index (χ1n) is 8.55. The average molecular weight is 292 g/mol. The van der Waals surface area contributed by atoms with Crippen LogP contribution >= 0.6 is 0 Å². The normalized spacial score (nSPS) is 14.0. The molecule has 1 aromatic carbocycles. The molecule has 0 heterocycles. The first-order valence-corrected chi connectivity index (χ1v) is 8.55. The van der Waals surface area contributed by atoms with Crippen LogP contribution in [0, 0.1) is 0 Å². The molecule has 0 radical (unpaired) electrons. The Kier molecular flexibility index (Phi) is 10.2. The average Bonchev–Trinajstić information content (AvgIpc) is 2.52. The van der Waals surface area contributed by atoms with Gasteiger partial charge in [-0.05, 0) is 12.0 Å². The van der Waals surface area contributed by atoms with E-state index in [-0.39, 0.29) is 6.10 Å². The summed E-state index contributed by atoms with van der Waals surface area (Å²) in [6.07, 6.45) is 10.6. The summed E-state index contributed by atoms with van der Waals surface area (Å²) >= 11 is 0. The highest BCUT2D eigenvalue weighted by atomic mass is 16.5. The van der Waals surface area contributed by atoms with Gasteiger partial charge in [0.2, 0.25) is 0 Å². The molecule has 2 heteroatoms. The lowest BCUT2D eigenvalue weighted by molar-refractivity contribution is -0.0183. The molecule has 1 aromatic rings. The molecule has 120 valence electrons. The summed E-state index contributed by atoms with van der Waals surface area (Å²) in [5.74, 6) is 0. The first kappa shape index (κ1) is 18.2. The lowest BCUT2D eigenvalue weighted by Crippen LogP contribution is -2.20. The van der Waals surface area contributed by atoms with Crippen LogP contribution in [-0.4, -0.2) is 18.3 Å². The molecular weight excluding hydrogens is 260 g/mol. The smallest absolute Gasteiger partial charge is 0.108 e. The quantitative estimate of drug-likeness (QED) is 0.532. The van der Waals surface area contributed by atoms with E-state index < -0.39 is 6.10 Å². The minimum atomic E-state index is -0.405. The Hall–Kier alpha value is -0.860. The Bertz CT molecular complexity index is 337. The summed E-state index contributed by atoms with van der Waals surface area (Å²) in [6.45, 7) is 2.25. The van der Waals surface area contributed by atoms with E-state index in [4.69, 9.17) is 4.74 Å². The van der Waals surface area contributed by atoms with Crippen molar-refractivity contribution in [1.82, 2.24) is 0 Å². The molecule has 21 heavy (non-hydrogen) atoms. The Morgan fingerprint density at radius 3 is 2.05 bits per heavy atom. The van der Waals surface area contributed by atoms with Gasteiger partial charge >= 0.3 is 0 Å². The predicted molar refractivity (Wildman–Crippen MR) is 89.4 cm³/mol. The fourth-order valence-corrected chi connectivity index (χ4v) is 2.80. The van der Waals surface area contributed by atoms with Crippen molar-refractivity contribution < 1.29 is 9.84 Å². The number of aliphatic hydroxyl groups is 1. The third-order valence-corrected chi connectivity index (χ3v) is 4.08. The van der Waals surface area contributed by atoms with Crippen LogP contribution in [0.2, 0.25) is 0 Å². The Balaban J connectivity index is 2.16. The molecule has 0 aromatic heterocycles. The summed E-state index contributed by atoms with van der Waals surface area (Å²) < 4.78 is 5.47. The molecular formula is C19H32O2. The van der Waals surface area contributed by atoms with E-state index >= 15 is 0 Å². The highest BCUT2D eigenvalue weighted by molar-refractivity contribution is 5.18. The third-order valence-electron chi connectivity index (χ3n) is 4.08. The van der Waals surface area contributed by atoms with Gasteiger partial charge in [0.15, 0.2) is 0 Å². The second kappa shape index (κ2) is 11.8. The molecule has 0 bridgehead atoms. The van der Waals surface area contributed by atoms with Gasteiger partial charge in [0, 0.05) is 7.11 Å². The maximum absolute atomic E-state index is 10.3. The molecule has 0 spiro atoms.